The van der Waals surface area contributed by atoms with Crippen molar-refractivity contribution in [1.82, 2.24) is 9.97 Å². The van der Waals surface area contributed by atoms with Crippen LogP contribution in [0.4, 0.5) is 10.8 Å². The summed E-state index contributed by atoms with van der Waals surface area (Å²) in [5.74, 6) is 0.251. The Morgan fingerprint density at radius 2 is 1.93 bits per heavy atom. The largest absolute Gasteiger partial charge is 0.390 e. The first-order chi connectivity index (χ1) is 14.6. The molecule has 30 heavy (non-hydrogen) atoms. The quantitative estimate of drug-likeness (QED) is 0.480. The van der Waals surface area contributed by atoms with E-state index in [1.54, 1.807) is 7.05 Å². The van der Waals surface area contributed by atoms with E-state index in [1.165, 1.54) is 33.9 Å². The Bertz CT molecular complexity index is 950. The molecular formula is C21H26N4O3S2. The van der Waals surface area contributed by atoms with Gasteiger partial charge >= 0.3 is 0 Å². The summed E-state index contributed by atoms with van der Waals surface area (Å²) in [6, 6.07) is 8.59. The number of aromatic nitrogens is 2. The average Bonchev–Trinajstić information content (AvgIpc) is 3.40. The molecule has 0 aliphatic carbocycles. The number of nitrogens with one attached hydrogen (secondary N) is 1. The SMILES string of the molecule is CCc1ccc(N2CC(C=O)C2)cc1.CNc1nc(-c2sc(CO)nc2CO)cs1. The number of aliphatic hydroxyl groups is 2. The van der Waals surface area contributed by atoms with Crippen molar-refractivity contribution < 1.29 is 15.0 Å². The molecule has 1 fully saturated rings. The number of hydrogen-bond donors (Lipinski definition) is 3. The molecule has 1 aromatic carbocycles. The molecule has 0 amide bonds. The van der Waals surface area contributed by atoms with E-state index in [2.05, 4.69) is 51.4 Å². The molecule has 0 unspecified atom stereocenters. The fraction of sp³-hybridized carbons (Fsp3) is 0.381. The number of benzene rings is 1. The summed E-state index contributed by atoms with van der Waals surface area (Å²) in [6.45, 7) is 3.67. The third kappa shape index (κ3) is 5.23. The van der Waals surface area contributed by atoms with Gasteiger partial charge in [-0.15, -0.1) is 22.7 Å². The van der Waals surface area contributed by atoms with E-state index in [1.807, 2.05) is 5.38 Å². The number of carbonyl (C=O) groups excluding carboxylic acids is 1. The highest BCUT2D eigenvalue weighted by Gasteiger charge is 2.25. The standard InChI is InChI=1S/C12H15NO.C9H11N3O2S2/c1-2-10-3-5-12(6-4-10)13-7-11(8-13)9-14;1-10-9-12-6(4-15-9)8-5(2-13)11-7(3-14)16-8/h3-6,9,11H,2,7-8H2,1H3;4,13-14H,2-3H2,1H3,(H,10,12). The second-order valence-electron chi connectivity index (χ2n) is 6.81. The molecule has 1 aliphatic heterocycles. The van der Waals surface area contributed by atoms with E-state index in [9.17, 15) is 9.90 Å². The highest BCUT2D eigenvalue weighted by Crippen LogP contribution is 2.32. The second-order valence-corrected chi connectivity index (χ2v) is 8.75. The van der Waals surface area contributed by atoms with E-state index in [0.717, 1.165) is 41.5 Å². The number of thiazole rings is 2. The van der Waals surface area contributed by atoms with Crippen LogP contribution >= 0.6 is 22.7 Å². The van der Waals surface area contributed by atoms with E-state index in [-0.39, 0.29) is 19.1 Å². The third-order valence-corrected chi connectivity index (χ3v) is 6.75. The third-order valence-electron chi connectivity index (χ3n) is 4.79. The highest BCUT2D eigenvalue weighted by atomic mass is 32.1. The molecule has 0 saturated carbocycles. The average molecular weight is 447 g/mol. The number of aliphatic hydroxyl groups excluding tert-OH is 2. The number of aldehydes is 1. The Morgan fingerprint density at radius 1 is 1.20 bits per heavy atom. The summed E-state index contributed by atoms with van der Waals surface area (Å²) in [6.07, 6.45) is 2.13. The van der Waals surface area contributed by atoms with Gasteiger partial charge in [0.1, 0.15) is 11.3 Å². The lowest BCUT2D eigenvalue weighted by molar-refractivity contribution is -0.111. The summed E-state index contributed by atoms with van der Waals surface area (Å²) >= 11 is 2.85. The Hall–Kier alpha value is -2.33. The minimum Gasteiger partial charge on any atom is -0.390 e. The normalized spacial score (nSPS) is 13.4. The summed E-state index contributed by atoms with van der Waals surface area (Å²) in [7, 11) is 1.81. The lowest BCUT2D eigenvalue weighted by Gasteiger charge is -2.38. The van der Waals surface area contributed by atoms with Crippen molar-refractivity contribution in [2.24, 2.45) is 5.92 Å². The molecule has 160 valence electrons. The Labute approximate surface area is 184 Å². The molecule has 1 saturated heterocycles. The fourth-order valence-corrected chi connectivity index (χ4v) is 4.65. The maximum atomic E-state index is 10.4. The molecule has 1 aliphatic rings. The van der Waals surface area contributed by atoms with Gasteiger partial charge in [0.05, 0.1) is 29.5 Å². The van der Waals surface area contributed by atoms with Crippen molar-refractivity contribution in [3.63, 3.8) is 0 Å². The van der Waals surface area contributed by atoms with Crippen molar-refractivity contribution in [1.29, 1.82) is 0 Å². The lowest BCUT2D eigenvalue weighted by Crippen LogP contribution is -2.47. The molecule has 0 spiro atoms. The van der Waals surface area contributed by atoms with Crippen LogP contribution in [0, 0.1) is 5.92 Å². The van der Waals surface area contributed by atoms with Crippen LogP contribution in [-0.2, 0) is 24.4 Å². The molecule has 7 nitrogen and oxygen atoms in total. The fourth-order valence-electron chi connectivity index (χ4n) is 3.02. The molecule has 3 N–H and O–H groups in total. The van der Waals surface area contributed by atoms with Crippen LogP contribution in [0.15, 0.2) is 29.6 Å². The van der Waals surface area contributed by atoms with Gasteiger partial charge in [0.2, 0.25) is 0 Å². The van der Waals surface area contributed by atoms with Gasteiger partial charge in [-0.3, -0.25) is 0 Å². The topological polar surface area (TPSA) is 98.6 Å². The van der Waals surface area contributed by atoms with Gasteiger partial charge in [-0.05, 0) is 24.1 Å². The second kappa shape index (κ2) is 10.6. The first kappa shape index (κ1) is 22.4. The van der Waals surface area contributed by atoms with Gasteiger partial charge < -0.3 is 25.2 Å². The van der Waals surface area contributed by atoms with Crippen molar-refractivity contribution in [3.8, 4) is 10.6 Å². The zero-order valence-corrected chi connectivity index (χ0v) is 18.7. The Morgan fingerprint density at radius 3 is 2.47 bits per heavy atom. The van der Waals surface area contributed by atoms with E-state index in [4.69, 9.17) is 5.11 Å². The maximum absolute atomic E-state index is 10.4. The number of anilines is 2. The first-order valence-electron chi connectivity index (χ1n) is 9.74. The zero-order chi connectivity index (χ0) is 21.5. The molecule has 2 aromatic heterocycles. The number of aryl methyl sites for hydroxylation is 1. The van der Waals surface area contributed by atoms with Gasteiger partial charge in [-0.1, -0.05) is 19.1 Å². The maximum Gasteiger partial charge on any atom is 0.182 e. The van der Waals surface area contributed by atoms with E-state index < -0.39 is 0 Å². The van der Waals surface area contributed by atoms with Crippen molar-refractivity contribution >= 4 is 39.8 Å². The number of hydrogen-bond acceptors (Lipinski definition) is 9. The zero-order valence-electron chi connectivity index (χ0n) is 17.0. The number of rotatable bonds is 7. The van der Waals surface area contributed by atoms with Crippen LogP contribution in [-0.4, -0.2) is 46.6 Å². The highest BCUT2D eigenvalue weighted by molar-refractivity contribution is 7.16. The van der Waals surface area contributed by atoms with Crippen molar-refractivity contribution in [2.45, 2.75) is 26.6 Å². The van der Waals surface area contributed by atoms with Gasteiger partial charge in [0.25, 0.3) is 0 Å². The van der Waals surface area contributed by atoms with Crippen LogP contribution in [0.25, 0.3) is 10.6 Å². The van der Waals surface area contributed by atoms with Crippen LogP contribution in [0.2, 0.25) is 0 Å². The molecule has 0 atom stereocenters. The van der Waals surface area contributed by atoms with Crippen LogP contribution in [0.5, 0.6) is 0 Å². The Balaban J connectivity index is 0.000000172. The molecule has 9 heteroatoms. The minimum absolute atomic E-state index is 0.110. The lowest BCUT2D eigenvalue weighted by atomic mass is 10.0. The predicted octanol–water partition coefficient (Wildman–Crippen LogP) is 3.18. The van der Waals surface area contributed by atoms with Gasteiger partial charge in [0, 0.05) is 37.1 Å². The van der Waals surface area contributed by atoms with Gasteiger partial charge in [-0.2, -0.15) is 0 Å². The summed E-state index contributed by atoms with van der Waals surface area (Å²) in [4.78, 5) is 22.0. The van der Waals surface area contributed by atoms with Crippen LogP contribution < -0.4 is 10.2 Å². The molecule has 3 aromatic rings. The molecular weight excluding hydrogens is 420 g/mol. The minimum atomic E-state index is -0.141. The molecule has 4 rings (SSSR count). The Kier molecular flexibility index (Phi) is 7.92. The molecule has 3 heterocycles. The molecule has 0 radical (unpaired) electrons. The number of nitrogens with zero attached hydrogens (tertiary/aromatic N) is 3. The monoisotopic (exact) mass is 446 g/mol. The summed E-state index contributed by atoms with van der Waals surface area (Å²) in [5, 5.41) is 24.5. The van der Waals surface area contributed by atoms with Gasteiger partial charge in [-0.25, -0.2) is 9.97 Å². The smallest absolute Gasteiger partial charge is 0.182 e. The predicted molar refractivity (Wildman–Crippen MR) is 122 cm³/mol. The summed E-state index contributed by atoms with van der Waals surface area (Å²) < 4.78 is 0. The first-order valence-corrected chi connectivity index (χ1v) is 11.4. The van der Waals surface area contributed by atoms with Crippen LogP contribution in [0.3, 0.4) is 0 Å². The summed E-state index contributed by atoms with van der Waals surface area (Å²) in [5.41, 5.74) is 3.96. The van der Waals surface area contributed by atoms with Crippen molar-refractivity contribution in [3.05, 3.63) is 45.9 Å². The van der Waals surface area contributed by atoms with E-state index in [0.29, 0.717) is 10.7 Å². The van der Waals surface area contributed by atoms with Crippen LogP contribution in [0.1, 0.15) is 23.2 Å². The van der Waals surface area contributed by atoms with Gasteiger partial charge in [0.15, 0.2) is 5.13 Å². The van der Waals surface area contributed by atoms with Crippen molar-refractivity contribution in [2.75, 3.05) is 30.4 Å². The van der Waals surface area contributed by atoms with E-state index >= 15 is 0 Å². The molecule has 0 bridgehead atoms. The number of carbonyl (C=O) groups is 1.